The molecule has 2 aromatic rings. The molecule has 0 saturated heterocycles. The van der Waals surface area contributed by atoms with Crippen LogP contribution in [0.5, 0.6) is 0 Å². The summed E-state index contributed by atoms with van der Waals surface area (Å²) in [5.41, 5.74) is 3.54. The lowest BCUT2D eigenvalue weighted by molar-refractivity contribution is 0.102. The standard InChI is InChI=1S/C20H28N4O/c1-6-11-21-20-22-12-10-17(23-20)19(25)24-18-15(13(2)3)8-7-9-16(18)14(4)5/h7-10,12-14H,6,11H2,1-5H3,(H,24,25)(H,21,22,23). The van der Waals surface area contributed by atoms with Crippen LogP contribution in [0.3, 0.4) is 0 Å². The number of carbonyl (C=O) groups is 1. The van der Waals surface area contributed by atoms with Gasteiger partial charge in [0.25, 0.3) is 5.91 Å². The topological polar surface area (TPSA) is 66.9 Å². The van der Waals surface area contributed by atoms with Crippen LogP contribution in [0.4, 0.5) is 11.6 Å². The van der Waals surface area contributed by atoms with E-state index in [1.54, 1.807) is 12.3 Å². The monoisotopic (exact) mass is 340 g/mol. The molecule has 0 aliphatic rings. The minimum Gasteiger partial charge on any atom is -0.354 e. The predicted octanol–water partition coefficient (Wildman–Crippen LogP) is 4.80. The number of rotatable bonds is 7. The third-order valence-electron chi connectivity index (χ3n) is 4.03. The first-order valence-electron chi connectivity index (χ1n) is 8.95. The highest BCUT2D eigenvalue weighted by Crippen LogP contribution is 2.32. The molecule has 2 rings (SSSR count). The summed E-state index contributed by atoms with van der Waals surface area (Å²) < 4.78 is 0. The Bertz CT molecular complexity index is 699. The van der Waals surface area contributed by atoms with E-state index in [1.807, 2.05) is 0 Å². The Morgan fingerprint density at radius 2 is 1.72 bits per heavy atom. The molecule has 1 aromatic heterocycles. The minimum atomic E-state index is -0.211. The van der Waals surface area contributed by atoms with Crippen molar-refractivity contribution >= 4 is 17.5 Å². The van der Waals surface area contributed by atoms with Gasteiger partial charge in [0.05, 0.1) is 0 Å². The molecule has 25 heavy (non-hydrogen) atoms. The van der Waals surface area contributed by atoms with E-state index < -0.39 is 0 Å². The molecule has 0 atom stereocenters. The molecule has 134 valence electrons. The van der Waals surface area contributed by atoms with Crippen molar-refractivity contribution in [2.75, 3.05) is 17.2 Å². The zero-order chi connectivity index (χ0) is 18.4. The van der Waals surface area contributed by atoms with Crippen LogP contribution in [0, 0.1) is 0 Å². The molecular formula is C20H28N4O. The average molecular weight is 340 g/mol. The van der Waals surface area contributed by atoms with Crippen molar-refractivity contribution in [1.82, 2.24) is 9.97 Å². The van der Waals surface area contributed by atoms with Gasteiger partial charge in [0.1, 0.15) is 5.69 Å². The molecule has 0 aliphatic heterocycles. The maximum Gasteiger partial charge on any atom is 0.274 e. The number of hydrogen-bond acceptors (Lipinski definition) is 4. The van der Waals surface area contributed by atoms with Gasteiger partial charge in [-0.15, -0.1) is 0 Å². The smallest absolute Gasteiger partial charge is 0.274 e. The second kappa shape index (κ2) is 8.60. The van der Waals surface area contributed by atoms with Crippen LogP contribution in [0.1, 0.15) is 74.5 Å². The van der Waals surface area contributed by atoms with Gasteiger partial charge < -0.3 is 10.6 Å². The van der Waals surface area contributed by atoms with E-state index >= 15 is 0 Å². The summed E-state index contributed by atoms with van der Waals surface area (Å²) in [4.78, 5) is 21.2. The second-order valence-electron chi connectivity index (χ2n) is 6.77. The Hall–Kier alpha value is -2.43. The van der Waals surface area contributed by atoms with E-state index in [0.29, 0.717) is 23.5 Å². The summed E-state index contributed by atoms with van der Waals surface area (Å²) in [6, 6.07) is 7.83. The van der Waals surface area contributed by atoms with Crippen molar-refractivity contribution in [3.63, 3.8) is 0 Å². The number of nitrogens with zero attached hydrogens (tertiary/aromatic N) is 2. The molecule has 5 heteroatoms. The summed E-state index contributed by atoms with van der Waals surface area (Å²) in [5.74, 6) is 0.912. The summed E-state index contributed by atoms with van der Waals surface area (Å²) in [6.07, 6.45) is 2.58. The Labute approximate surface area is 150 Å². The fourth-order valence-corrected chi connectivity index (χ4v) is 2.68. The van der Waals surface area contributed by atoms with Gasteiger partial charge in [-0.1, -0.05) is 52.8 Å². The van der Waals surface area contributed by atoms with Gasteiger partial charge in [0.15, 0.2) is 0 Å². The highest BCUT2D eigenvalue weighted by atomic mass is 16.1. The van der Waals surface area contributed by atoms with Crippen molar-refractivity contribution < 1.29 is 4.79 Å². The first-order chi connectivity index (χ1) is 11.9. The highest BCUT2D eigenvalue weighted by molar-refractivity contribution is 6.04. The third-order valence-corrected chi connectivity index (χ3v) is 4.03. The normalized spacial score (nSPS) is 11.0. The van der Waals surface area contributed by atoms with Crippen LogP contribution in [0.25, 0.3) is 0 Å². The predicted molar refractivity (Wildman–Crippen MR) is 103 cm³/mol. The SMILES string of the molecule is CCCNc1nccc(C(=O)Nc2c(C(C)C)cccc2C(C)C)n1. The maximum atomic E-state index is 12.8. The maximum absolute atomic E-state index is 12.8. The van der Waals surface area contributed by atoms with Crippen LogP contribution in [0.2, 0.25) is 0 Å². The number of amides is 1. The van der Waals surface area contributed by atoms with E-state index in [-0.39, 0.29) is 5.91 Å². The van der Waals surface area contributed by atoms with Gasteiger partial charge >= 0.3 is 0 Å². The second-order valence-corrected chi connectivity index (χ2v) is 6.77. The first kappa shape index (κ1) is 18.9. The first-order valence-corrected chi connectivity index (χ1v) is 8.95. The molecule has 1 amide bonds. The molecule has 1 heterocycles. The van der Waals surface area contributed by atoms with Crippen molar-refractivity contribution in [3.8, 4) is 0 Å². The Morgan fingerprint density at radius 1 is 1.08 bits per heavy atom. The molecule has 0 fully saturated rings. The third kappa shape index (κ3) is 4.78. The van der Waals surface area contributed by atoms with Crippen molar-refractivity contribution in [3.05, 3.63) is 47.3 Å². The molecule has 0 bridgehead atoms. The lowest BCUT2D eigenvalue weighted by atomic mass is 9.92. The lowest BCUT2D eigenvalue weighted by Crippen LogP contribution is -2.18. The van der Waals surface area contributed by atoms with Gasteiger partial charge in [0.2, 0.25) is 5.95 Å². The van der Waals surface area contributed by atoms with Gasteiger partial charge in [0, 0.05) is 18.4 Å². The zero-order valence-corrected chi connectivity index (χ0v) is 15.8. The molecule has 0 saturated carbocycles. The molecule has 1 aromatic carbocycles. The number of nitrogens with one attached hydrogen (secondary N) is 2. The van der Waals surface area contributed by atoms with Crippen LogP contribution in [-0.4, -0.2) is 22.4 Å². The number of benzene rings is 1. The van der Waals surface area contributed by atoms with Crippen molar-refractivity contribution in [1.29, 1.82) is 0 Å². The van der Waals surface area contributed by atoms with Crippen molar-refractivity contribution in [2.45, 2.75) is 52.9 Å². The molecule has 0 spiro atoms. The summed E-state index contributed by atoms with van der Waals surface area (Å²) in [5, 5.41) is 6.19. The van der Waals surface area contributed by atoms with Gasteiger partial charge in [-0.05, 0) is 35.4 Å². The van der Waals surface area contributed by atoms with E-state index in [0.717, 1.165) is 29.8 Å². The Kier molecular flexibility index (Phi) is 6.51. The molecule has 2 N–H and O–H groups in total. The summed E-state index contributed by atoms with van der Waals surface area (Å²) in [6.45, 7) is 11.4. The van der Waals surface area contributed by atoms with Crippen LogP contribution >= 0.6 is 0 Å². The largest absolute Gasteiger partial charge is 0.354 e. The van der Waals surface area contributed by atoms with Crippen LogP contribution in [0.15, 0.2) is 30.5 Å². The van der Waals surface area contributed by atoms with Gasteiger partial charge in [-0.25, -0.2) is 9.97 Å². The van der Waals surface area contributed by atoms with E-state index in [1.165, 1.54) is 0 Å². The van der Waals surface area contributed by atoms with E-state index in [9.17, 15) is 4.79 Å². The molecule has 0 aliphatic carbocycles. The van der Waals surface area contributed by atoms with Gasteiger partial charge in [-0.3, -0.25) is 4.79 Å². The summed E-state index contributed by atoms with van der Waals surface area (Å²) in [7, 11) is 0. The molecule has 5 nitrogen and oxygen atoms in total. The minimum absolute atomic E-state index is 0.211. The average Bonchev–Trinajstić information content (AvgIpc) is 2.59. The van der Waals surface area contributed by atoms with Crippen LogP contribution in [-0.2, 0) is 0 Å². The fraction of sp³-hybridized carbons (Fsp3) is 0.450. The highest BCUT2D eigenvalue weighted by Gasteiger charge is 2.17. The summed E-state index contributed by atoms with van der Waals surface area (Å²) >= 11 is 0. The number of hydrogen-bond donors (Lipinski definition) is 2. The number of para-hydroxylation sites is 1. The fourth-order valence-electron chi connectivity index (χ4n) is 2.68. The van der Waals surface area contributed by atoms with Crippen LogP contribution < -0.4 is 10.6 Å². The lowest BCUT2D eigenvalue weighted by Gasteiger charge is -2.20. The van der Waals surface area contributed by atoms with E-state index in [2.05, 4.69) is 73.4 Å². The zero-order valence-electron chi connectivity index (χ0n) is 15.8. The number of anilines is 2. The van der Waals surface area contributed by atoms with Crippen molar-refractivity contribution in [2.24, 2.45) is 0 Å². The van der Waals surface area contributed by atoms with E-state index in [4.69, 9.17) is 0 Å². The molecular weight excluding hydrogens is 312 g/mol. The molecule has 0 unspecified atom stereocenters. The van der Waals surface area contributed by atoms with Gasteiger partial charge in [-0.2, -0.15) is 0 Å². The number of carbonyl (C=O) groups excluding carboxylic acids is 1. The number of aromatic nitrogens is 2. The quantitative estimate of drug-likeness (QED) is 0.760. The Balaban J connectivity index is 2.31. The molecule has 0 radical (unpaired) electrons. The Morgan fingerprint density at radius 3 is 2.28 bits per heavy atom.